The molecule has 0 spiro atoms. The molecule has 1 N–H and O–H groups in total. The number of rotatable bonds is 4. The Kier molecular flexibility index (Phi) is 4.49. The number of methoxy groups -OCH3 is 1. The number of carbonyl (C=O) groups excluding carboxylic acids is 1. The molecule has 1 aromatic rings. The normalized spacial score (nSPS) is 9.80. The summed E-state index contributed by atoms with van der Waals surface area (Å²) in [4.78, 5) is 11.1. The summed E-state index contributed by atoms with van der Waals surface area (Å²) in [6.45, 7) is 2.04. The van der Waals surface area contributed by atoms with Crippen LogP contribution in [0.3, 0.4) is 0 Å². The highest BCUT2D eigenvalue weighted by atomic mass is 32.1. The number of benzene rings is 1. The number of carbonyl (C=O) groups is 1. The lowest BCUT2D eigenvalue weighted by Gasteiger charge is -2.09. The summed E-state index contributed by atoms with van der Waals surface area (Å²) in [6, 6.07) is 5.59. The topological polar surface area (TPSA) is 38.3 Å². The number of hydrogen-bond acceptors (Lipinski definition) is 3. The molecule has 82 valence electrons. The van der Waals surface area contributed by atoms with Crippen LogP contribution in [0.1, 0.15) is 12.5 Å². The van der Waals surface area contributed by atoms with E-state index in [1.165, 1.54) is 0 Å². The van der Waals surface area contributed by atoms with E-state index < -0.39 is 0 Å². The van der Waals surface area contributed by atoms with Crippen LogP contribution in [0.2, 0.25) is 0 Å². The van der Waals surface area contributed by atoms with Gasteiger partial charge in [0.2, 0.25) is 5.91 Å². The van der Waals surface area contributed by atoms with Crippen molar-refractivity contribution in [1.29, 1.82) is 0 Å². The highest BCUT2D eigenvalue weighted by Gasteiger charge is 2.04. The molecular weight excluding hydrogens is 210 g/mol. The third-order valence-electron chi connectivity index (χ3n) is 2.09. The van der Waals surface area contributed by atoms with Crippen LogP contribution in [0.5, 0.6) is 5.75 Å². The molecule has 4 heteroatoms. The lowest BCUT2D eigenvalue weighted by Crippen LogP contribution is -2.12. The van der Waals surface area contributed by atoms with Gasteiger partial charge < -0.3 is 10.1 Å². The van der Waals surface area contributed by atoms with Crippen LogP contribution >= 0.6 is 12.6 Å². The van der Waals surface area contributed by atoms with E-state index in [2.05, 4.69) is 17.9 Å². The van der Waals surface area contributed by atoms with Gasteiger partial charge in [-0.2, -0.15) is 12.6 Å². The first-order valence-electron chi connectivity index (χ1n) is 4.78. The fourth-order valence-electron chi connectivity index (χ4n) is 1.33. The van der Waals surface area contributed by atoms with Crippen LogP contribution in [0, 0.1) is 0 Å². The molecule has 0 atom stereocenters. The van der Waals surface area contributed by atoms with Crippen LogP contribution in [0.15, 0.2) is 18.2 Å². The third-order valence-corrected chi connectivity index (χ3v) is 2.38. The summed E-state index contributed by atoms with van der Waals surface area (Å²) in [5, 5.41) is 2.75. The molecule has 3 nitrogen and oxygen atoms in total. The van der Waals surface area contributed by atoms with Crippen LogP contribution in [0.4, 0.5) is 5.69 Å². The molecular formula is C11H15NO2S. The van der Waals surface area contributed by atoms with Crippen molar-refractivity contribution >= 4 is 24.2 Å². The summed E-state index contributed by atoms with van der Waals surface area (Å²) < 4.78 is 5.19. The van der Waals surface area contributed by atoms with Gasteiger partial charge in [-0.1, -0.05) is 6.92 Å². The van der Waals surface area contributed by atoms with Crippen LogP contribution < -0.4 is 10.1 Å². The van der Waals surface area contributed by atoms with Crippen LogP contribution in [-0.2, 0) is 11.2 Å². The fourth-order valence-corrected chi connectivity index (χ4v) is 1.41. The second kappa shape index (κ2) is 5.66. The van der Waals surface area contributed by atoms with Crippen molar-refractivity contribution in [3.63, 3.8) is 0 Å². The number of hydrogen-bond donors (Lipinski definition) is 2. The molecule has 0 saturated carbocycles. The molecule has 0 radical (unpaired) electrons. The van der Waals surface area contributed by atoms with E-state index in [1.807, 2.05) is 25.1 Å². The van der Waals surface area contributed by atoms with Gasteiger partial charge in [0.1, 0.15) is 5.75 Å². The van der Waals surface area contributed by atoms with Crippen LogP contribution in [-0.4, -0.2) is 18.8 Å². The van der Waals surface area contributed by atoms with E-state index in [-0.39, 0.29) is 11.7 Å². The number of thiol groups is 1. The Morgan fingerprint density at radius 3 is 2.80 bits per heavy atom. The standard InChI is InChI=1S/C11H15NO2S/c1-3-8-6-9(12-11(13)7-15)4-5-10(8)14-2/h4-6,15H,3,7H2,1-2H3,(H,12,13). The van der Waals surface area contributed by atoms with Crippen molar-refractivity contribution in [2.75, 3.05) is 18.2 Å². The molecule has 0 aliphatic heterocycles. The van der Waals surface area contributed by atoms with Gasteiger partial charge in [-0.3, -0.25) is 4.79 Å². The second-order valence-corrected chi connectivity index (χ2v) is 3.40. The molecule has 0 heterocycles. The number of aryl methyl sites for hydroxylation is 1. The highest BCUT2D eigenvalue weighted by Crippen LogP contribution is 2.22. The van der Waals surface area contributed by atoms with Gasteiger partial charge in [-0.05, 0) is 30.2 Å². The van der Waals surface area contributed by atoms with Gasteiger partial charge in [-0.25, -0.2) is 0 Å². The largest absolute Gasteiger partial charge is 0.496 e. The molecule has 0 fully saturated rings. The zero-order valence-corrected chi connectivity index (χ0v) is 9.80. The lowest BCUT2D eigenvalue weighted by molar-refractivity contribution is -0.113. The first kappa shape index (κ1) is 11.9. The summed E-state index contributed by atoms with van der Waals surface area (Å²) >= 11 is 3.90. The van der Waals surface area contributed by atoms with Crippen molar-refractivity contribution in [2.24, 2.45) is 0 Å². The molecule has 1 amide bonds. The van der Waals surface area contributed by atoms with E-state index in [0.29, 0.717) is 0 Å². The fraction of sp³-hybridized carbons (Fsp3) is 0.364. The van der Waals surface area contributed by atoms with Crippen molar-refractivity contribution in [3.05, 3.63) is 23.8 Å². The molecule has 0 saturated heterocycles. The highest BCUT2D eigenvalue weighted by molar-refractivity contribution is 7.81. The number of nitrogens with one attached hydrogen (secondary N) is 1. The Morgan fingerprint density at radius 1 is 1.53 bits per heavy atom. The molecule has 0 unspecified atom stereocenters. The average Bonchev–Trinajstić information content (AvgIpc) is 2.28. The SMILES string of the molecule is CCc1cc(NC(=O)CS)ccc1OC. The van der Waals surface area contributed by atoms with Gasteiger partial charge in [0, 0.05) is 5.69 Å². The number of ether oxygens (including phenoxy) is 1. The van der Waals surface area contributed by atoms with Crippen molar-refractivity contribution < 1.29 is 9.53 Å². The first-order valence-corrected chi connectivity index (χ1v) is 5.42. The van der Waals surface area contributed by atoms with E-state index >= 15 is 0 Å². The third kappa shape index (κ3) is 3.16. The summed E-state index contributed by atoms with van der Waals surface area (Å²) in [7, 11) is 1.64. The summed E-state index contributed by atoms with van der Waals surface area (Å²) in [6.07, 6.45) is 0.869. The maximum Gasteiger partial charge on any atom is 0.234 e. The lowest BCUT2D eigenvalue weighted by atomic mass is 10.1. The molecule has 15 heavy (non-hydrogen) atoms. The van der Waals surface area contributed by atoms with Gasteiger partial charge in [0.05, 0.1) is 12.9 Å². The molecule has 0 aliphatic carbocycles. The predicted molar refractivity (Wildman–Crippen MR) is 64.9 cm³/mol. The minimum Gasteiger partial charge on any atom is -0.496 e. The van der Waals surface area contributed by atoms with Gasteiger partial charge in [-0.15, -0.1) is 0 Å². The van der Waals surface area contributed by atoms with Crippen molar-refractivity contribution in [1.82, 2.24) is 0 Å². The second-order valence-electron chi connectivity index (χ2n) is 3.09. The molecule has 0 aliphatic rings. The Morgan fingerprint density at radius 2 is 2.27 bits per heavy atom. The molecule has 1 rings (SSSR count). The number of amides is 1. The molecule has 0 bridgehead atoms. The van der Waals surface area contributed by atoms with E-state index in [0.717, 1.165) is 23.4 Å². The van der Waals surface area contributed by atoms with Crippen LogP contribution in [0.25, 0.3) is 0 Å². The Hall–Kier alpha value is -1.16. The Bertz CT molecular complexity index is 352. The van der Waals surface area contributed by atoms with Gasteiger partial charge >= 0.3 is 0 Å². The maximum atomic E-state index is 11.1. The zero-order valence-electron chi connectivity index (χ0n) is 8.91. The Labute approximate surface area is 95.2 Å². The van der Waals surface area contributed by atoms with E-state index in [9.17, 15) is 4.79 Å². The summed E-state index contributed by atoms with van der Waals surface area (Å²) in [5.74, 6) is 0.931. The molecule has 1 aromatic carbocycles. The van der Waals surface area contributed by atoms with Crippen molar-refractivity contribution in [2.45, 2.75) is 13.3 Å². The minimum absolute atomic E-state index is 0.106. The quantitative estimate of drug-likeness (QED) is 0.770. The van der Waals surface area contributed by atoms with E-state index in [4.69, 9.17) is 4.74 Å². The van der Waals surface area contributed by atoms with Gasteiger partial charge in [0.25, 0.3) is 0 Å². The first-order chi connectivity index (χ1) is 7.21. The smallest absolute Gasteiger partial charge is 0.234 e. The number of anilines is 1. The average molecular weight is 225 g/mol. The summed E-state index contributed by atoms with van der Waals surface area (Å²) in [5.41, 5.74) is 1.86. The monoisotopic (exact) mass is 225 g/mol. The zero-order chi connectivity index (χ0) is 11.3. The minimum atomic E-state index is -0.106. The predicted octanol–water partition coefficient (Wildman–Crippen LogP) is 2.13. The Balaban J connectivity index is 2.88. The van der Waals surface area contributed by atoms with Gasteiger partial charge in [0.15, 0.2) is 0 Å². The molecule has 0 aromatic heterocycles. The maximum absolute atomic E-state index is 11.1. The van der Waals surface area contributed by atoms with E-state index in [1.54, 1.807) is 7.11 Å². The van der Waals surface area contributed by atoms with Crippen molar-refractivity contribution in [3.8, 4) is 5.75 Å².